The molecule has 0 aliphatic carbocycles. The Labute approximate surface area is 79.0 Å². The van der Waals surface area contributed by atoms with E-state index in [0.29, 0.717) is 16.5 Å². The number of rotatable bonds is 1. The van der Waals surface area contributed by atoms with Crippen molar-refractivity contribution in [1.29, 1.82) is 0 Å². The molecule has 0 unspecified atom stereocenters. The van der Waals surface area contributed by atoms with E-state index in [-0.39, 0.29) is 0 Å². The molecule has 2 heterocycles. The van der Waals surface area contributed by atoms with Crippen LogP contribution in [0, 0.1) is 4.77 Å². The van der Waals surface area contributed by atoms with E-state index in [0.717, 1.165) is 0 Å². The molecule has 0 saturated heterocycles. The minimum Gasteiger partial charge on any atom is -0.368 e. The molecular weight excluding hydrogens is 188 g/mol. The summed E-state index contributed by atoms with van der Waals surface area (Å²) in [5.74, 6) is 0.974. The van der Waals surface area contributed by atoms with Gasteiger partial charge < -0.3 is 5.73 Å². The Hall–Kier alpha value is -1.63. The van der Waals surface area contributed by atoms with Crippen LogP contribution in [-0.4, -0.2) is 24.5 Å². The summed E-state index contributed by atoms with van der Waals surface area (Å²) in [7, 11) is 1.82. The van der Waals surface area contributed by atoms with E-state index in [1.54, 1.807) is 9.25 Å². The SMILES string of the molecule is Cn1ccc(-n2c(N)n[nH]c2=S)n1. The summed E-state index contributed by atoms with van der Waals surface area (Å²) in [6.45, 7) is 0. The van der Waals surface area contributed by atoms with E-state index >= 15 is 0 Å². The molecule has 3 N–H and O–H groups in total. The third kappa shape index (κ3) is 1.22. The van der Waals surface area contributed by atoms with Gasteiger partial charge in [-0.2, -0.15) is 5.10 Å². The lowest BCUT2D eigenvalue weighted by molar-refractivity contribution is 0.750. The van der Waals surface area contributed by atoms with Gasteiger partial charge in [-0.05, 0) is 12.2 Å². The highest BCUT2D eigenvalue weighted by Crippen LogP contribution is 2.08. The minimum absolute atomic E-state index is 0.309. The van der Waals surface area contributed by atoms with Crippen LogP contribution >= 0.6 is 12.2 Å². The molecule has 0 aliphatic rings. The second-order valence-electron chi connectivity index (χ2n) is 2.57. The Balaban J connectivity index is 2.64. The van der Waals surface area contributed by atoms with E-state index in [2.05, 4.69) is 15.3 Å². The summed E-state index contributed by atoms with van der Waals surface area (Å²) in [5, 5.41) is 10.5. The second-order valence-corrected chi connectivity index (χ2v) is 2.96. The molecular formula is C6H8N6S. The number of hydrogen-bond acceptors (Lipinski definition) is 4. The van der Waals surface area contributed by atoms with Crippen molar-refractivity contribution in [2.75, 3.05) is 5.73 Å². The fourth-order valence-corrected chi connectivity index (χ4v) is 1.29. The highest BCUT2D eigenvalue weighted by molar-refractivity contribution is 7.71. The molecule has 0 fully saturated rings. The maximum atomic E-state index is 5.59. The fraction of sp³-hybridized carbons (Fsp3) is 0.167. The van der Waals surface area contributed by atoms with Gasteiger partial charge in [0.2, 0.25) is 10.7 Å². The molecule has 68 valence electrons. The van der Waals surface area contributed by atoms with Crippen molar-refractivity contribution >= 4 is 18.2 Å². The molecule has 0 aromatic carbocycles. The van der Waals surface area contributed by atoms with Gasteiger partial charge in [-0.25, -0.2) is 9.67 Å². The summed E-state index contributed by atoms with van der Waals surface area (Å²) in [6, 6.07) is 1.81. The van der Waals surface area contributed by atoms with Crippen molar-refractivity contribution < 1.29 is 0 Å². The molecule has 0 saturated carbocycles. The molecule has 6 nitrogen and oxygen atoms in total. The summed E-state index contributed by atoms with van der Waals surface area (Å²) >= 11 is 4.98. The molecule has 0 spiro atoms. The number of nitrogen functional groups attached to an aromatic ring is 1. The Kier molecular flexibility index (Phi) is 1.66. The molecule has 0 amide bonds. The van der Waals surface area contributed by atoms with Crippen molar-refractivity contribution in [3.63, 3.8) is 0 Å². The third-order valence-corrected chi connectivity index (χ3v) is 1.90. The van der Waals surface area contributed by atoms with E-state index in [4.69, 9.17) is 18.0 Å². The van der Waals surface area contributed by atoms with Crippen molar-refractivity contribution in [3.05, 3.63) is 17.0 Å². The average molecular weight is 196 g/mol. The van der Waals surface area contributed by atoms with Crippen LogP contribution in [0.3, 0.4) is 0 Å². The smallest absolute Gasteiger partial charge is 0.226 e. The van der Waals surface area contributed by atoms with Gasteiger partial charge in [0.15, 0.2) is 5.82 Å². The number of H-pyrrole nitrogens is 1. The van der Waals surface area contributed by atoms with Crippen LogP contribution < -0.4 is 5.73 Å². The maximum absolute atomic E-state index is 5.59. The normalized spacial score (nSPS) is 10.5. The quantitative estimate of drug-likeness (QED) is 0.641. The molecule has 13 heavy (non-hydrogen) atoms. The van der Waals surface area contributed by atoms with Crippen molar-refractivity contribution in [1.82, 2.24) is 24.5 Å². The van der Waals surface area contributed by atoms with E-state index in [1.165, 1.54) is 0 Å². The lowest BCUT2D eigenvalue weighted by Gasteiger charge is -1.96. The van der Waals surface area contributed by atoms with Crippen LogP contribution in [-0.2, 0) is 7.05 Å². The van der Waals surface area contributed by atoms with Crippen molar-refractivity contribution in [2.45, 2.75) is 0 Å². The molecule has 0 radical (unpaired) electrons. The minimum atomic E-state index is 0.309. The predicted octanol–water partition coefficient (Wildman–Crippen LogP) is 0.246. The number of nitrogens with one attached hydrogen (secondary N) is 1. The first kappa shape index (κ1) is 7.99. The van der Waals surface area contributed by atoms with Gasteiger partial charge in [-0.3, -0.25) is 4.68 Å². The summed E-state index contributed by atoms with van der Waals surface area (Å²) in [6.07, 6.45) is 1.81. The molecule has 0 bridgehead atoms. The Morgan fingerprint density at radius 2 is 2.38 bits per heavy atom. The average Bonchev–Trinajstić information content (AvgIpc) is 2.60. The molecule has 0 atom stereocenters. The number of nitrogens with two attached hydrogens (primary N) is 1. The summed E-state index contributed by atoms with van der Waals surface area (Å²) in [5.41, 5.74) is 5.59. The van der Waals surface area contributed by atoms with E-state index in [9.17, 15) is 0 Å². The van der Waals surface area contributed by atoms with Gasteiger partial charge in [0.25, 0.3) is 0 Å². The Bertz CT molecular complexity index is 477. The molecule has 0 aliphatic heterocycles. The van der Waals surface area contributed by atoms with Crippen LogP contribution in [0.25, 0.3) is 5.82 Å². The topological polar surface area (TPSA) is 77.5 Å². The number of anilines is 1. The maximum Gasteiger partial charge on any atom is 0.226 e. The number of aromatic nitrogens is 5. The molecule has 7 heteroatoms. The van der Waals surface area contributed by atoms with Gasteiger partial charge in [-0.1, -0.05) is 0 Å². The lowest BCUT2D eigenvalue weighted by Crippen LogP contribution is -2.02. The first-order valence-electron chi connectivity index (χ1n) is 3.61. The van der Waals surface area contributed by atoms with Crippen molar-refractivity contribution in [3.8, 4) is 5.82 Å². The van der Waals surface area contributed by atoms with Crippen LogP contribution in [0.5, 0.6) is 0 Å². The summed E-state index contributed by atoms with van der Waals surface area (Å²) < 4.78 is 3.68. The number of nitrogens with zero attached hydrogens (tertiary/aromatic N) is 4. The van der Waals surface area contributed by atoms with Crippen LogP contribution in [0.2, 0.25) is 0 Å². The van der Waals surface area contributed by atoms with Gasteiger partial charge >= 0.3 is 0 Å². The van der Waals surface area contributed by atoms with E-state index < -0.39 is 0 Å². The van der Waals surface area contributed by atoms with Gasteiger partial charge in [0.1, 0.15) is 0 Å². The number of aryl methyl sites for hydroxylation is 1. The Morgan fingerprint density at radius 1 is 1.62 bits per heavy atom. The zero-order valence-corrected chi connectivity index (χ0v) is 7.75. The first-order valence-corrected chi connectivity index (χ1v) is 4.02. The van der Waals surface area contributed by atoms with Crippen LogP contribution in [0.1, 0.15) is 0 Å². The molecule has 2 aromatic rings. The zero-order chi connectivity index (χ0) is 9.42. The lowest BCUT2D eigenvalue weighted by atomic mass is 10.6. The Morgan fingerprint density at radius 3 is 2.85 bits per heavy atom. The van der Waals surface area contributed by atoms with Gasteiger partial charge in [0, 0.05) is 19.3 Å². The van der Waals surface area contributed by atoms with Crippen LogP contribution in [0.15, 0.2) is 12.3 Å². The molecule has 2 aromatic heterocycles. The monoisotopic (exact) mass is 196 g/mol. The third-order valence-electron chi connectivity index (χ3n) is 1.63. The number of hydrogen-bond donors (Lipinski definition) is 2. The predicted molar refractivity (Wildman–Crippen MR) is 49.9 cm³/mol. The van der Waals surface area contributed by atoms with E-state index in [1.807, 2.05) is 19.3 Å². The second kappa shape index (κ2) is 2.70. The van der Waals surface area contributed by atoms with Gasteiger partial charge in [-0.15, -0.1) is 5.10 Å². The highest BCUT2D eigenvalue weighted by atomic mass is 32.1. The summed E-state index contributed by atoms with van der Waals surface area (Å²) in [4.78, 5) is 0. The zero-order valence-electron chi connectivity index (χ0n) is 6.93. The molecule has 2 rings (SSSR count). The van der Waals surface area contributed by atoms with Crippen molar-refractivity contribution in [2.24, 2.45) is 7.05 Å². The van der Waals surface area contributed by atoms with Crippen LogP contribution in [0.4, 0.5) is 5.95 Å². The fourth-order valence-electron chi connectivity index (χ4n) is 1.05. The highest BCUT2D eigenvalue weighted by Gasteiger charge is 2.06. The number of aromatic amines is 1. The standard InChI is InChI=1S/C6H8N6S/c1-11-3-2-4(10-11)12-5(7)8-9-6(12)13/h2-3H,1H3,(H2,7,8)(H,9,13). The van der Waals surface area contributed by atoms with Gasteiger partial charge in [0.05, 0.1) is 0 Å². The first-order chi connectivity index (χ1) is 6.18. The largest absolute Gasteiger partial charge is 0.368 e.